The molecule has 0 N–H and O–H groups in total. The summed E-state index contributed by atoms with van der Waals surface area (Å²) in [5.41, 5.74) is 1.22. The summed E-state index contributed by atoms with van der Waals surface area (Å²) >= 11 is 8.75. The Morgan fingerprint density at radius 2 is 2.14 bits per heavy atom. The molecule has 1 aromatic rings. The Hall–Kier alpha value is 0.0500. The van der Waals surface area contributed by atoms with Crippen molar-refractivity contribution >= 4 is 60.4 Å². The van der Waals surface area contributed by atoms with Gasteiger partial charge in [-0.15, -0.1) is 0 Å². The van der Waals surface area contributed by atoms with Crippen LogP contribution in [0.15, 0.2) is 27.7 Å². The van der Waals surface area contributed by atoms with Crippen molar-refractivity contribution in [1.29, 1.82) is 0 Å². The van der Waals surface area contributed by atoms with Crippen LogP contribution in [-0.4, -0.2) is 5.97 Å². The molecule has 1 aliphatic carbocycles. The molecule has 1 aliphatic rings. The number of alkyl halides is 1. The molecule has 1 fully saturated rings. The van der Waals surface area contributed by atoms with E-state index in [0.29, 0.717) is 5.56 Å². The molecule has 0 spiro atoms. The van der Waals surface area contributed by atoms with E-state index in [1.165, 1.54) is 0 Å². The van der Waals surface area contributed by atoms with Crippen LogP contribution < -0.4 is 0 Å². The number of halogens is 4. The molecule has 0 aromatic heterocycles. The number of rotatable bonds is 5. The normalized spacial score (nSPS) is 22.1. The molecule has 22 heavy (non-hydrogen) atoms. The van der Waals surface area contributed by atoms with E-state index in [1.807, 2.05) is 32.1 Å². The number of ether oxygens (including phenoxy) is 1. The van der Waals surface area contributed by atoms with Gasteiger partial charge in [-0.3, -0.25) is 4.79 Å². The van der Waals surface area contributed by atoms with E-state index >= 15 is 0 Å². The Labute approximate surface area is 160 Å². The van der Waals surface area contributed by atoms with E-state index in [0.717, 1.165) is 12.5 Å². The maximum absolute atomic E-state index is 13.1. The van der Waals surface area contributed by atoms with Crippen molar-refractivity contribution in [1.82, 2.24) is 0 Å². The highest BCUT2D eigenvalue weighted by Gasteiger charge is 2.61. The second-order valence-corrected chi connectivity index (χ2v) is 9.83. The lowest BCUT2D eigenvalue weighted by molar-refractivity contribution is -0.147. The van der Waals surface area contributed by atoms with Gasteiger partial charge in [0.05, 0.1) is 9.31 Å². The van der Waals surface area contributed by atoms with Crippen molar-refractivity contribution in [2.45, 2.75) is 27.1 Å². The summed E-state index contributed by atoms with van der Waals surface area (Å²) in [6.07, 6.45) is 1.98. The fourth-order valence-corrected chi connectivity index (χ4v) is 3.97. The molecule has 0 saturated heterocycles. The summed E-state index contributed by atoms with van der Waals surface area (Å²) in [4.78, 5) is 12.3. The molecule has 6 heteroatoms. The minimum atomic E-state index is -0.553. The van der Waals surface area contributed by atoms with E-state index in [9.17, 15) is 9.18 Å². The summed E-state index contributed by atoms with van der Waals surface area (Å²) in [6, 6.07) is 5.49. The molecule has 0 amide bonds. The molecule has 2 rings (SSSR count). The number of carbonyl (C=O) groups excluding carboxylic acids is 1. The first kappa shape index (κ1) is 18.4. The molecular weight excluding hydrogens is 530 g/mol. The largest absolute Gasteiger partial charge is 0.461 e. The van der Waals surface area contributed by atoms with E-state index in [-0.39, 0.29) is 29.8 Å². The SMILES string of the molecule is CC1(C)[C@H](C(=O)OCc2cccc(I)c2CF)[C@@H]1C=C(Br)Br. The van der Waals surface area contributed by atoms with Crippen LogP contribution in [-0.2, 0) is 22.8 Å². The topological polar surface area (TPSA) is 26.3 Å². The number of benzene rings is 1. The Kier molecular flexibility index (Phi) is 6.10. The predicted molar refractivity (Wildman–Crippen MR) is 100 cm³/mol. The van der Waals surface area contributed by atoms with Crippen LogP contribution in [0.3, 0.4) is 0 Å². The highest BCUT2D eigenvalue weighted by molar-refractivity contribution is 14.1. The first-order valence-corrected chi connectivity index (χ1v) is 9.47. The smallest absolute Gasteiger partial charge is 0.310 e. The summed E-state index contributed by atoms with van der Waals surface area (Å²) in [7, 11) is 0. The van der Waals surface area contributed by atoms with Crippen LogP contribution in [0.25, 0.3) is 0 Å². The number of hydrogen-bond donors (Lipinski definition) is 0. The first-order chi connectivity index (χ1) is 10.3. The monoisotopic (exact) mass is 544 g/mol. The van der Waals surface area contributed by atoms with Gasteiger partial charge < -0.3 is 4.74 Å². The van der Waals surface area contributed by atoms with Gasteiger partial charge in [0, 0.05) is 9.13 Å². The highest BCUT2D eigenvalue weighted by Crippen LogP contribution is 2.60. The van der Waals surface area contributed by atoms with Gasteiger partial charge in [-0.2, -0.15) is 0 Å². The maximum Gasteiger partial charge on any atom is 0.310 e. The standard InChI is InChI=1S/C16H16Br2FIO2/c1-16(2)11(6-13(17)18)14(16)15(21)22-8-9-4-3-5-12(20)10(9)7-19/h3-6,11,14H,7-8H2,1-2H3/t11-,14-/m0/s1. The zero-order valence-electron chi connectivity index (χ0n) is 12.2. The van der Waals surface area contributed by atoms with E-state index < -0.39 is 6.67 Å². The third-order valence-electron chi connectivity index (χ3n) is 4.19. The molecular formula is C16H16Br2FIO2. The average Bonchev–Trinajstić information content (AvgIpc) is 2.96. The van der Waals surface area contributed by atoms with Gasteiger partial charge in [0.2, 0.25) is 0 Å². The lowest BCUT2D eigenvalue weighted by Crippen LogP contribution is -2.11. The van der Waals surface area contributed by atoms with Crippen LogP contribution in [0.2, 0.25) is 0 Å². The lowest BCUT2D eigenvalue weighted by Gasteiger charge is -2.10. The maximum atomic E-state index is 13.1. The second kappa shape index (κ2) is 7.30. The zero-order valence-corrected chi connectivity index (χ0v) is 17.5. The molecule has 1 aromatic carbocycles. The number of allylic oxidation sites excluding steroid dienone is 1. The van der Waals surface area contributed by atoms with Crippen molar-refractivity contribution in [3.63, 3.8) is 0 Å². The molecule has 0 heterocycles. The molecule has 2 atom stereocenters. The molecule has 0 bridgehead atoms. The zero-order chi connectivity index (χ0) is 16.5. The van der Waals surface area contributed by atoms with Crippen LogP contribution >= 0.6 is 54.5 Å². The summed E-state index contributed by atoms with van der Waals surface area (Å²) < 4.78 is 20.2. The van der Waals surface area contributed by atoms with Crippen molar-refractivity contribution in [3.8, 4) is 0 Å². The van der Waals surface area contributed by atoms with Crippen LogP contribution in [0.4, 0.5) is 4.39 Å². The van der Waals surface area contributed by atoms with Gasteiger partial charge in [-0.25, -0.2) is 4.39 Å². The summed E-state index contributed by atoms with van der Waals surface area (Å²) in [6.45, 7) is 3.65. The minimum Gasteiger partial charge on any atom is -0.461 e. The highest BCUT2D eigenvalue weighted by atomic mass is 127. The fraction of sp³-hybridized carbons (Fsp3) is 0.438. The van der Waals surface area contributed by atoms with Crippen molar-refractivity contribution in [2.24, 2.45) is 17.3 Å². The lowest BCUT2D eigenvalue weighted by atomic mass is 10.1. The van der Waals surface area contributed by atoms with Gasteiger partial charge in [-0.1, -0.05) is 32.1 Å². The molecule has 0 unspecified atom stereocenters. The summed E-state index contributed by atoms with van der Waals surface area (Å²) in [5, 5.41) is 0. The van der Waals surface area contributed by atoms with Crippen LogP contribution in [0.1, 0.15) is 25.0 Å². The minimum absolute atomic E-state index is 0.113. The molecule has 2 nitrogen and oxygen atoms in total. The van der Waals surface area contributed by atoms with Crippen LogP contribution in [0.5, 0.6) is 0 Å². The van der Waals surface area contributed by atoms with Gasteiger partial charge in [-0.05, 0) is 77.4 Å². The molecule has 1 saturated carbocycles. The van der Waals surface area contributed by atoms with Gasteiger partial charge in [0.15, 0.2) is 0 Å². The fourth-order valence-electron chi connectivity index (χ4n) is 2.70. The second-order valence-electron chi connectivity index (χ2n) is 5.90. The number of hydrogen-bond acceptors (Lipinski definition) is 2. The van der Waals surface area contributed by atoms with Crippen molar-refractivity contribution in [3.05, 3.63) is 42.4 Å². The van der Waals surface area contributed by atoms with Crippen LogP contribution in [0, 0.1) is 20.8 Å². The van der Waals surface area contributed by atoms with E-state index in [2.05, 4.69) is 54.5 Å². The van der Waals surface area contributed by atoms with Gasteiger partial charge in [0.25, 0.3) is 0 Å². The third kappa shape index (κ3) is 3.93. The quantitative estimate of drug-likeness (QED) is 0.350. The van der Waals surface area contributed by atoms with E-state index in [4.69, 9.17) is 4.74 Å². The summed E-state index contributed by atoms with van der Waals surface area (Å²) in [5.74, 6) is -0.240. The number of esters is 1. The van der Waals surface area contributed by atoms with Crippen molar-refractivity contribution < 1.29 is 13.9 Å². The number of carbonyl (C=O) groups is 1. The molecule has 120 valence electrons. The Morgan fingerprint density at radius 1 is 1.45 bits per heavy atom. The Balaban J connectivity index is 2.03. The Bertz CT molecular complexity index is 612. The van der Waals surface area contributed by atoms with Gasteiger partial charge >= 0.3 is 5.97 Å². The first-order valence-electron chi connectivity index (χ1n) is 6.80. The van der Waals surface area contributed by atoms with E-state index in [1.54, 1.807) is 6.07 Å². The Morgan fingerprint density at radius 3 is 2.73 bits per heavy atom. The molecule has 0 aliphatic heterocycles. The predicted octanol–water partition coefficient (Wildman–Crippen LogP) is 5.71. The third-order valence-corrected chi connectivity index (χ3v) is 5.73. The van der Waals surface area contributed by atoms with Gasteiger partial charge in [0.1, 0.15) is 13.3 Å². The van der Waals surface area contributed by atoms with Crippen molar-refractivity contribution in [2.75, 3.05) is 0 Å². The average molecular weight is 546 g/mol. The molecule has 0 radical (unpaired) electrons.